The average Bonchev–Trinajstić information content (AvgIpc) is 2.54. The molecule has 0 amide bonds. The number of nitrogens with one attached hydrogen (secondary N) is 2. The van der Waals surface area contributed by atoms with E-state index in [1.165, 1.54) is 0 Å². The summed E-state index contributed by atoms with van der Waals surface area (Å²) in [6.45, 7) is 0.422. The van der Waals surface area contributed by atoms with Gasteiger partial charge in [-0.15, -0.1) is 5.10 Å². The van der Waals surface area contributed by atoms with Crippen LogP contribution < -0.4 is 14.9 Å². The van der Waals surface area contributed by atoms with E-state index in [0.717, 1.165) is 23.9 Å². The number of aromatic nitrogens is 2. The molecule has 0 fully saturated rings. The third kappa shape index (κ3) is 4.76. The first-order valence-electron chi connectivity index (χ1n) is 6.98. The summed E-state index contributed by atoms with van der Waals surface area (Å²) in [5.74, 6) is -0.137. The van der Waals surface area contributed by atoms with Gasteiger partial charge in [0, 0.05) is 33.3 Å². The quantitative estimate of drug-likeness (QED) is 0.719. The number of sulfonamides is 1. The van der Waals surface area contributed by atoms with E-state index in [-0.39, 0.29) is 16.5 Å². The standard InChI is InChI=1S/C14H17ClFN5O2S/c1-21(2)10-7-14(20-18-9-10)17-5-6-19-24(22,23)11-3-4-13(16)12(15)8-11/h3-4,7-9,19H,5-6H2,1-2H3,(H,17,20). The molecule has 0 unspecified atom stereocenters. The Hall–Kier alpha value is -1.97. The molecule has 0 aliphatic rings. The maximum absolute atomic E-state index is 13.1. The monoisotopic (exact) mass is 373 g/mol. The zero-order chi connectivity index (χ0) is 17.7. The Morgan fingerprint density at radius 2 is 2.00 bits per heavy atom. The molecule has 24 heavy (non-hydrogen) atoms. The minimum Gasteiger partial charge on any atom is -0.376 e. The van der Waals surface area contributed by atoms with E-state index in [1.807, 2.05) is 19.0 Å². The van der Waals surface area contributed by atoms with Crippen molar-refractivity contribution in [3.8, 4) is 0 Å². The van der Waals surface area contributed by atoms with Crippen LogP contribution in [-0.4, -0.2) is 45.8 Å². The Morgan fingerprint density at radius 3 is 2.67 bits per heavy atom. The minimum atomic E-state index is -3.76. The van der Waals surface area contributed by atoms with Gasteiger partial charge in [0.2, 0.25) is 10.0 Å². The van der Waals surface area contributed by atoms with Crippen LogP contribution in [0.2, 0.25) is 5.02 Å². The molecule has 1 aromatic heterocycles. The van der Waals surface area contributed by atoms with Crippen LogP contribution in [-0.2, 0) is 10.0 Å². The first-order chi connectivity index (χ1) is 11.3. The molecule has 0 saturated carbocycles. The van der Waals surface area contributed by atoms with Gasteiger partial charge in [-0.2, -0.15) is 5.10 Å². The van der Waals surface area contributed by atoms with E-state index < -0.39 is 15.8 Å². The fourth-order valence-corrected chi connectivity index (χ4v) is 3.09. The lowest BCUT2D eigenvalue weighted by molar-refractivity contribution is 0.582. The van der Waals surface area contributed by atoms with Crippen LogP contribution >= 0.6 is 11.6 Å². The fourth-order valence-electron chi connectivity index (χ4n) is 1.79. The number of hydrogen-bond donors (Lipinski definition) is 2. The van der Waals surface area contributed by atoms with Gasteiger partial charge in [-0.3, -0.25) is 0 Å². The van der Waals surface area contributed by atoms with Gasteiger partial charge < -0.3 is 10.2 Å². The highest BCUT2D eigenvalue weighted by Gasteiger charge is 2.15. The highest BCUT2D eigenvalue weighted by molar-refractivity contribution is 7.89. The van der Waals surface area contributed by atoms with Gasteiger partial charge in [0.15, 0.2) is 5.82 Å². The molecular weight excluding hydrogens is 357 g/mol. The van der Waals surface area contributed by atoms with E-state index in [4.69, 9.17) is 11.6 Å². The first-order valence-corrected chi connectivity index (χ1v) is 8.84. The predicted molar refractivity (Wildman–Crippen MR) is 91.4 cm³/mol. The first kappa shape index (κ1) is 18.4. The molecule has 0 atom stereocenters. The molecule has 2 N–H and O–H groups in total. The van der Waals surface area contributed by atoms with Crippen molar-refractivity contribution < 1.29 is 12.8 Å². The summed E-state index contributed by atoms with van der Waals surface area (Å²) in [4.78, 5) is 1.78. The summed E-state index contributed by atoms with van der Waals surface area (Å²) in [7, 11) is -0.00549. The number of anilines is 2. The molecule has 0 spiro atoms. The largest absolute Gasteiger partial charge is 0.376 e. The summed E-state index contributed by atoms with van der Waals surface area (Å²) in [5.41, 5.74) is 0.869. The summed E-state index contributed by atoms with van der Waals surface area (Å²) in [6, 6.07) is 5.03. The molecule has 0 bridgehead atoms. The summed E-state index contributed by atoms with van der Waals surface area (Å²) >= 11 is 5.60. The molecule has 0 aliphatic heterocycles. The number of halogens is 2. The lowest BCUT2D eigenvalue weighted by Crippen LogP contribution is -2.29. The molecule has 0 radical (unpaired) electrons. The summed E-state index contributed by atoms with van der Waals surface area (Å²) < 4.78 is 39.7. The van der Waals surface area contributed by atoms with Crippen molar-refractivity contribution in [3.05, 3.63) is 41.3 Å². The second kappa shape index (κ2) is 7.73. The van der Waals surface area contributed by atoms with Crippen molar-refractivity contribution in [3.63, 3.8) is 0 Å². The number of hydrogen-bond acceptors (Lipinski definition) is 6. The van der Waals surface area contributed by atoms with Crippen LogP contribution in [0.4, 0.5) is 15.9 Å². The minimum absolute atomic E-state index is 0.0942. The lowest BCUT2D eigenvalue weighted by Gasteiger charge is -2.13. The van der Waals surface area contributed by atoms with Crippen LogP contribution in [0.3, 0.4) is 0 Å². The van der Waals surface area contributed by atoms with Crippen molar-refractivity contribution in [1.29, 1.82) is 0 Å². The topological polar surface area (TPSA) is 87.2 Å². The number of nitrogens with zero attached hydrogens (tertiary/aromatic N) is 3. The Bertz CT molecular complexity index is 817. The van der Waals surface area contributed by atoms with Crippen molar-refractivity contribution in [2.75, 3.05) is 37.4 Å². The highest BCUT2D eigenvalue weighted by Crippen LogP contribution is 2.19. The van der Waals surface area contributed by atoms with Gasteiger partial charge in [-0.05, 0) is 18.2 Å². The van der Waals surface area contributed by atoms with Crippen molar-refractivity contribution in [1.82, 2.24) is 14.9 Å². The molecule has 2 rings (SSSR count). The van der Waals surface area contributed by atoms with Gasteiger partial charge in [-0.1, -0.05) is 11.6 Å². The van der Waals surface area contributed by atoms with E-state index in [2.05, 4.69) is 20.2 Å². The Morgan fingerprint density at radius 1 is 1.25 bits per heavy atom. The summed E-state index contributed by atoms with van der Waals surface area (Å²) in [5, 5.41) is 10.5. The number of benzene rings is 1. The molecular formula is C14H17ClFN5O2S. The van der Waals surface area contributed by atoms with Crippen LogP contribution in [0.5, 0.6) is 0 Å². The van der Waals surface area contributed by atoms with Gasteiger partial charge in [0.1, 0.15) is 5.82 Å². The molecule has 7 nitrogen and oxygen atoms in total. The predicted octanol–water partition coefficient (Wildman–Crippen LogP) is 1.73. The highest BCUT2D eigenvalue weighted by atomic mass is 35.5. The maximum Gasteiger partial charge on any atom is 0.240 e. The van der Waals surface area contributed by atoms with Crippen LogP contribution in [0, 0.1) is 5.82 Å². The Kier molecular flexibility index (Phi) is 5.92. The normalized spacial score (nSPS) is 11.3. The number of rotatable bonds is 7. The zero-order valence-electron chi connectivity index (χ0n) is 13.1. The van der Waals surface area contributed by atoms with E-state index >= 15 is 0 Å². The van der Waals surface area contributed by atoms with Gasteiger partial charge >= 0.3 is 0 Å². The zero-order valence-corrected chi connectivity index (χ0v) is 14.7. The lowest BCUT2D eigenvalue weighted by atomic mass is 10.3. The third-order valence-corrected chi connectivity index (χ3v) is 4.83. The molecule has 2 aromatic rings. The second-order valence-electron chi connectivity index (χ2n) is 5.09. The summed E-state index contributed by atoms with van der Waals surface area (Å²) in [6.07, 6.45) is 1.62. The van der Waals surface area contributed by atoms with Crippen molar-refractivity contribution in [2.45, 2.75) is 4.90 Å². The molecule has 10 heteroatoms. The van der Waals surface area contributed by atoms with E-state index in [9.17, 15) is 12.8 Å². The van der Waals surface area contributed by atoms with Crippen LogP contribution in [0.1, 0.15) is 0 Å². The van der Waals surface area contributed by atoms with Gasteiger partial charge in [-0.25, -0.2) is 17.5 Å². The molecule has 1 heterocycles. The van der Waals surface area contributed by atoms with Crippen molar-refractivity contribution in [2.24, 2.45) is 0 Å². The third-order valence-electron chi connectivity index (χ3n) is 3.08. The van der Waals surface area contributed by atoms with Gasteiger partial charge in [0.05, 0.1) is 21.8 Å². The Labute approximate surface area is 144 Å². The Balaban J connectivity index is 1.91. The maximum atomic E-state index is 13.1. The molecule has 1 aromatic carbocycles. The van der Waals surface area contributed by atoms with Gasteiger partial charge in [0.25, 0.3) is 0 Å². The van der Waals surface area contributed by atoms with E-state index in [1.54, 1.807) is 12.3 Å². The average molecular weight is 374 g/mol. The SMILES string of the molecule is CN(C)c1cnnc(NCCNS(=O)(=O)c2ccc(F)c(Cl)c2)c1. The molecule has 0 saturated heterocycles. The smallest absolute Gasteiger partial charge is 0.240 e. The van der Waals surface area contributed by atoms with Crippen molar-refractivity contribution >= 4 is 33.1 Å². The fraction of sp³-hybridized carbons (Fsp3) is 0.286. The van der Waals surface area contributed by atoms with Crippen LogP contribution in [0.25, 0.3) is 0 Å². The molecule has 0 aliphatic carbocycles. The molecule has 130 valence electrons. The van der Waals surface area contributed by atoms with E-state index in [0.29, 0.717) is 12.4 Å². The van der Waals surface area contributed by atoms with Crippen LogP contribution in [0.15, 0.2) is 35.4 Å². The second-order valence-corrected chi connectivity index (χ2v) is 7.27.